The van der Waals surface area contributed by atoms with Crippen LogP contribution < -0.4 is 0 Å². The molecule has 87 heavy (non-hydrogen) atoms. The van der Waals surface area contributed by atoms with Gasteiger partial charge in [0, 0.05) is 5.41 Å². The first-order valence-corrected chi connectivity index (χ1v) is 31.2. The number of fused-ring (bicyclic) bond motifs is 7. The van der Waals surface area contributed by atoms with E-state index in [0.717, 1.165) is 12.0 Å². The largest absolute Gasteiger partial charge is 0.432 e. The van der Waals surface area contributed by atoms with Crippen LogP contribution in [0.4, 0.5) is 0 Å². The number of aliphatic hydroxyl groups excluding tert-OH is 16. The molecule has 5 aliphatic carbocycles. The van der Waals surface area contributed by atoms with Crippen molar-refractivity contribution in [3.63, 3.8) is 0 Å². The van der Waals surface area contributed by atoms with Crippen molar-refractivity contribution in [3.05, 3.63) is 11.6 Å². The van der Waals surface area contributed by atoms with Crippen LogP contribution in [0.15, 0.2) is 11.6 Å². The second-order valence-corrected chi connectivity index (χ2v) is 28.9. The van der Waals surface area contributed by atoms with Crippen molar-refractivity contribution >= 4 is 5.97 Å². The molecule has 34 atom stereocenters. The van der Waals surface area contributed by atoms with E-state index in [1.807, 2.05) is 6.92 Å². The minimum absolute atomic E-state index is 0.0808. The van der Waals surface area contributed by atoms with Gasteiger partial charge in [0.25, 0.3) is 0 Å². The topological polar surface area (TPSA) is 433 Å². The molecule has 9 fully saturated rings. The average Bonchev–Trinajstić information content (AvgIpc) is 0.695. The van der Waals surface area contributed by atoms with E-state index in [9.17, 15) is 81.7 Å². The summed E-state index contributed by atoms with van der Waals surface area (Å²) in [5.41, 5.74) is -2.17. The monoisotopic (exact) mass is 1250 g/mol. The Morgan fingerprint density at radius 1 is 0.517 bits per heavy atom. The number of carbonyl (C=O) groups is 1. The van der Waals surface area contributed by atoms with E-state index in [-0.39, 0.29) is 40.6 Å². The van der Waals surface area contributed by atoms with Crippen molar-refractivity contribution in [2.45, 2.75) is 279 Å². The van der Waals surface area contributed by atoms with Crippen LogP contribution in [0.25, 0.3) is 0 Å². The van der Waals surface area contributed by atoms with E-state index < -0.39 is 202 Å². The number of carbonyl (C=O) groups excluding carboxylic acids is 1. The van der Waals surface area contributed by atoms with Crippen molar-refractivity contribution in [2.24, 2.45) is 50.2 Å². The molecule has 5 aliphatic heterocycles. The molecular formula is C60H98O27. The molecule has 0 amide bonds. The van der Waals surface area contributed by atoms with Gasteiger partial charge >= 0.3 is 5.97 Å². The highest BCUT2D eigenvalue weighted by Gasteiger charge is 2.71. The van der Waals surface area contributed by atoms with Gasteiger partial charge in [0.05, 0.1) is 50.2 Å². The van der Waals surface area contributed by atoms with Crippen molar-refractivity contribution in [3.8, 4) is 0 Å². The lowest BCUT2D eigenvalue weighted by Crippen LogP contribution is -2.67. The Morgan fingerprint density at radius 3 is 1.66 bits per heavy atom. The number of esters is 1. The van der Waals surface area contributed by atoms with Crippen LogP contribution in [0.5, 0.6) is 0 Å². The standard InChI is InChI=1S/C60H98O27/c1-24-34(64)38(68)43(73)50(79-24)85-47-29(21-62)82-49(46(76)42(47)72)78-22-30-37(67)40(70)45(75)52(83-30)87-54(77)60-17-15-55(3,4)19-27(60)26-9-10-32-56(5)13-12-33(57(6,23-63)31(56)11-14-59(32,8)58(26,7)16-18-60)84-53-48(41(71)36(66)28(20-61)81-53)86-51-44(74)39(69)35(65)25(2)80-51/h9,24-25,27-53,61-76H,10-23H2,1-8H3/t24-,25-,27-,28+,29+,30+,31+,32+,33-,34-,35-,36+,37+,38+,39+,40-,41-,42+,43+,44+,45+,46+,47+,48+,49+,50-,51-,52-,53-,56-,57-,58+,59+,60-/m0/s1. The molecular weight excluding hydrogens is 1150 g/mol. The Labute approximate surface area is 506 Å². The zero-order chi connectivity index (χ0) is 63.6. The van der Waals surface area contributed by atoms with Gasteiger partial charge in [-0.25, -0.2) is 0 Å². The maximum Gasteiger partial charge on any atom is 0.315 e. The van der Waals surface area contributed by atoms with Crippen molar-refractivity contribution in [2.75, 3.05) is 26.4 Å². The summed E-state index contributed by atoms with van der Waals surface area (Å²) >= 11 is 0. The van der Waals surface area contributed by atoms with Crippen LogP contribution >= 0.6 is 0 Å². The van der Waals surface area contributed by atoms with Crippen molar-refractivity contribution < 1.29 is 134 Å². The molecule has 5 heterocycles. The maximum atomic E-state index is 15.3. The summed E-state index contributed by atoms with van der Waals surface area (Å²) < 4.78 is 59.6. The summed E-state index contributed by atoms with van der Waals surface area (Å²) in [5, 5.41) is 174. The minimum Gasteiger partial charge on any atom is -0.432 e. The summed E-state index contributed by atoms with van der Waals surface area (Å²) in [6.07, 6.45) is -32.4. The molecule has 16 N–H and O–H groups in total. The quantitative estimate of drug-likeness (QED) is 0.0463. The van der Waals surface area contributed by atoms with Gasteiger partial charge < -0.3 is 129 Å². The van der Waals surface area contributed by atoms with E-state index in [0.29, 0.717) is 57.8 Å². The molecule has 0 unspecified atom stereocenters. The van der Waals surface area contributed by atoms with E-state index >= 15 is 4.79 Å². The fourth-order valence-electron chi connectivity index (χ4n) is 17.8. The number of rotatable bonds is 14. The molecule has 0 spiro atoms. The van der Waals surface area contributed by atoms with Gasteiger partial charge in [-0.05, 0) is 117 Å². The Kier molecular flexibility index (Phi) is 19.7. The lowest BCUT2D eigenvalue weighted by atomic mass is 9.33. The number of allylic oxidation sites excluding steroid dienone is 2. The van der Waals surface area contributed by atoms with Crippen LogP contribution in [0, 0.1) is 50.2 Å². The molecule has 0 aromatic heterocycles. The van der Waals surface area contributed by atoms with Gasteiger partial charge in [-0.1, -0.05) is 53.2 Å². The molecule has 0 aromatic carbocycles. The Bertz CT molecular complexity index is 2420. The van der Waals surface area contributed by atoms with Gasteiger partial charge in [-0.15, -0.1) is 0 Å². The molecule has 10 rings (SSSR count). The first-order valence-electron chi connectivity index (χ1n) is 31.2. The number of hydrogen-bond acceptors (Lipinski definition) is 27. The molecule has 27 heteroatoms. The van der Waals surface area contributed by atoms with Gasteiger partial charge in [-0.3, -0.25) is 4.79 Å². The van der Waals surface area contributed by atoms with Crippen LogP contribution in [-0.2, 0) is 52.2 Å². The summed E-state index contributed by atoms with van der Waals surface area (Å²) in [7, 11) is 0. The van der Waals surface area contributed by atoms with Gasteiger partial charge in [0.2, 0.25) is 6.29 Å². The molecule has 0 radical (unpaired) electrons. The van der Waals surface area contributed by atoms with E-state index in [4.69, 9.17) is 47.4 Å². The SMILES string of the molecule is C[C@@H]1O[C@@H](O[C@H]2[C@H](O[C@H]3CC[C@@]4(C)[C@@H](CC[C@]5(C)[C@@H]4CC=C4[C@@H]6CC(C)(C)CC[C@]6(C(=O)O[C@@H]6O[C@H](CO[C@@H]7O[C@H](CO)[C@@H](O[C@@H]8O[C@@H](C)[C@H](O)[C@@H](O)[C@H]8O)[C@H](O)[C@H]7O)[C@@H](O)[C@H](O)[C@H]6O)CC[C@]45C)[C@]3(C)CO)O[C@H](CO)[C@@H](O)[C@@H]2O)[C@H](O)[C@H](O)[C@H]1O. The lowest BCUT2D eigenvalue weighted by Gasteiger charge is -2.71. The molecule has 5 saturated heterocycles. The number of hydrogen-bond donors (Lipinski definition) is 16. The van der Waals surface area contributed by atoms with E-state index in [2.05, 4.69) is 40.7 Å². The third-order valence-corrected chi connectivity index (χ3v) is 23.6. The van der Waals surface area contributed by atoms with Crippen LogP contribution in [0.1, 0.15) is 120 Å². The van der Waals surface area contributed by atoms with Gasteiger partial charge in [0.15, 0.2) is 25.2 Å². The smallest absolute Gasteiger partial charge is 0.315 e. The third kappa shape index (κ3) is 11.4. The minimum atomic E-state index is -1.91. The summed E-state index contributed by atoms with van der Waals surface area (Å²) in [6, 6.07) is 0. The molecule has 0 bridgehead atoms. The lowest BCUT2D eigenvalue weighted by molar-refractivity contribution is -0.377. The fourth-order valence-corrected chi connectivity index (χ4v) is 17.8. The number of ether oxygens (including phenoxy) is 10. The zero-order valence-electron chi connectivity index (χ0n) is 50.9. The Morgan fingerprint density at radius 2 is 1.05 bits per heavy atom. The maximum absolute atomic E-state index is 15.3. The Balaban J connectivity index is 0.840. The molecule has 27 nitrogen and oxygen atoms in total. The van der Waals surface area contributed by atoms with Crippen LogP contribution in [-0.4, -0.2) is 274 Å². The van der Waals surface area contributed by atoms with Gasteiger partial charge in [-0.2, -0.15) is 0 Å². The van der Waals surface area contributed by atoms with Crippen molar-refractivity contribution in [1.29, 1.82) is 0 Å². The zero-order valence-corrected chi connectivity index (χ0v) is 50.9. The summed E-state index contributed by atoms with van der Waals surface area (Å²) in [4.78, 5) is 15.3. The fraction of sp³-hybridized carbons (Fsp3) is 0.950. The van der Waals surface area contributed by atoms with Crippen molar-refractivity contribution in [1.82, 2.24) is 0 Å². The highest BCUT2D eigenvalue weighted by atomic mass is 16.8. The Hall–Kier alpha value is -1.79. The van der Waals surface area contributed by atoms with Gasteiger partial charge in [0.1, 0.15) is 110 Å². The third-order valence-electron chi connectivity index (χ3n) is 23.6. The average molecular weight is 1250 g/mol. The second-order valence-electron chi connectivity index (χ2n) is 28.9. The predicted molar refractivity (Wildman–Crippen MR) is 294 cm³/mol. The normalized spacial score (nSPS) is 55.1. The number of aliphatic hydroxyl groups is 16. The first-order chi connectivity index (χ1) is 40.8. The highest BCUT2D eigenvalue weighted by molar-refractivity contribution is 5.79. The molecule has 0 aromatic rings. The first kappa shape index (κ1) is 68.1. The molecule has 500 valence electrons. The van der Waals surface area contributed by atoms with Crippen LogP contribution in [0.2, 0.25) is 0 Å². The van der Waals surface area contributed by atoms with E-state index in [1.165, 1.54) is 13.8 Å². The summed E-state index contributed by atoms with van der Waals surface area (Å²) in [6.45, 7) is 13.7. The van der Waals surface area contributed by atoms with Crippen LogP contribution in [0.3, 0.4) is 0 Å². The predicted octanol–water partition coefficient (Wildman–Crippen LogP) is -3.18. The highest BCUT2D eigenvalue weighted by Crippen LogP contribution is 2.76. The van der Waals surface area contributed by atoms with E-state index in [1.54, 1.807) is 0 Å². The second kappa shape index (κ2) is 25.2. The molecule has 4 saturated carbocycles. The molecule has 10 aliphatic rings. The summed E-state index contributed by atoms with van der Waals surface area (Å²) in [5.74, 6) is -0.991.